The number of methoxy groups -OCH3 is 1. The lowest BCUT2D eigenvalue weighted by molar-refractivity contribution is 0.00772. The molecule has 1 aliphatic rings. The molecule has 0 unspecified atom stereocenters. The fourth-order valence-corrected chi connectivity index (χ4v) is 2.72. The van der Waals surface area contributed by atoms with Gasteiger partial charge in [-0.15, -0.1) is 0 Å². The standard InChI is InChI=1S/C15H30N2O3/c1-6-12(10-19-5)17-14(18)16-9-11-7-8-20-13(11)15(2,3)4/h11-13H,6-10H2,1-5H3,(H2,16,17,18)/t11-,12-,13+/m1/s1. The maximum atomic E-state index is 11.9. The van der Waals surface area contributed by atoms with E-state index in [1.165, 1.54) is 0 Å². The lowest BCUT2D eigenvalue weighted by atomic mass is 9.81. The van der Waals surface area contributed by atoms with Crippen molar-refractivity contribution in [1.29, 1.82) is 0 Å². The summed E-state index contributed by atoms with van der Waals surface area (Å²) in [5.74, 6) is 0.392. The second-order valence-corrected chi connectivity index (χ2v) is 6.62. The first-order valence-electron chi connectivity index (χ1n) is 7.53. The van der Waals surface area contributed by atoms with Crippen LogP contribution in [0.15, 0.2) is 0 Å². The van der Waals surface area contributed by atoms with E-state index in [0.717, 1.165) is 19.4 Å². The number of urea groups is 1. The fraction of sp³-hybridized carbons (Fsp3) is 0.933. The van der Waals surface area contributed by atoms with Gasteiger partial charge in [-0.25, -0.2) is 4.79 Å². The van der Waals surface area contributed by atoms with Crippen molar-refractivity contribution < 1.29 is 14.3 Å². The topological polar surface area (TPSA) is 59.6 Å². The Labute approximate surface area is 122 Å². The molecule has 2 amide bonds. The third-order valence-corrected chi connectivity index (χ3v) is 3.79. The number of carbonyl (C=O) groups excluding carboxylic acids is 1. The summed E-state index contributed by atoms with van der Waals surface area (Å²) >= 11 is 0. The third kappa shape index (κ3) is 5.29. The molecule has 5 nitrogen and oxygen atoms in total. The monoisotopic (exact) mass is 286 g/mol. The highest BCUT2D eigenvalue weighted by atomic mass is 16.5. The molecule has 1 fully saturated rings. The van der Waals surface area contributed by atoms with E-state index in [1.54, 1.807) is 7.11 Å². The van der Waals surface area contributed by atoms with Gasteiger partial charge in [0.25, 0.3) is 0 Å². The summed E-state index contributed by atoms with van der Waals surface area (Å²) in [4.78, 5) is 11.9. The minimum Gasteiger partial charge on any atom is -0.383 e. The SMILES string of the molecule is CC[C@H](COC)NC(=O)NC[C@H]1CCO[C@@H]1C(C)(C)C. The van der Waals surface area contributed by atoms with Gasteiger partial charge in [0.15, 0.2) is 0 Å². The molecular weight excluding hydrogens is 256 g/mol. The molecule has 3 atom stereocenters. The summed E-state index contributed by atoms with van der Waals surface area (Å²) in [6.07, 6.45) is 2.08. The van der Waals surface area contributed by atoms with Crippen molar-refractivity contribution in [3.63, 3.8) is 0 Å². The van der Waals surface area contributed by atoms with Gasteiger partial charge in [0, 0.05) is 26.2 Å². The third-order valence-electron chi connectivity index (χ3n) is 3.79. The van der Waals surface area contributed by atoms with E-state index < -0.39 is 0 Å². The van der Waals surface area contributed by atoms with Gasteiger partial charge in [-0.05, 0) is 18.3 Å². The lowest BCUT2D eigenvalue weighted by Gasteiger charge is -2.31. The average Bonchev–Trinajstić information content (AvgIpc) is 2.84. The van der Waals surface area contributed by atoms with E-state index in [0.29, 0.717) is 19.1 Å². The second kappa shape index (κ2) is 7.84. The molecule has 20 heavy (non-hydrogen) atoms. The summed E-state index contributed by atoms with van der Waals surface area (Å²) in [5.41, 5.74) is 0.112. The molecule has 0 bridgehead atoms. The largest absolute Gasteiger partial charge is 0.383 e. The van der Waals surface area contributed by atoms with Crippen molar-refractivity contribution in [3.8, 4) is 0 Å². The quantitative estimate of drug-likeness (QED) is 0.786. The van der Waals surface area contributed by atoms with Crippen LogP contribution in [0.2, 0.25) is 0 Å². The van der Waals surface area contributed by atoms with E-state index in [1.807, 2.05) is 6.92 Å². The molecule has 118 valence electrons. The van der Waals surface area contributed by atoms with Crippen molar-refractivity contribution in [2.24, 2.45) is 11.3 Å². The minimum atomic E-state index is -0.117. The highest BCUT2D eigenvalue weighted by Crippen LogP contribution is 2.34. The van der Waals surface area contributed by atoms with E-state index in [-0.39, 0.29) is 23.6 Å². The van der Waals surface area contributed by atoms with Crippen LogP contribution in [0.1, 0.15) is 40.5 Å². The Morgan fingerprint density at radius 3 is 2.70 bits per heavy atom. The number of hydrogen-bond acceptors (Lipinski definition) is 3. The predicted octanol–water partition coefficient (Wildman–Crippen LogP) is 2.16. The smallest absolute Gasteiger partial charge is 0.315 e. The fourth-order valence-electron chi connectivity index (χ4n) is 2.72. The van der Waals surface area contributed by atoms with E-state index >= 15 is 0 Å². The Bertz CT molecular complexity index is 302. The number of rotatable bonds is 6. The summed E-state index contributed by atoms with van der Waals surface area (Å²) in [6, 6.07) is -0.0494. The van der Waals surface area contributed by atoms with Gasteiger partial charge >= 0.3 is 6.03 Å². The summed E-state index contributed by atoms with van der Waals surface area (Å²) in [7, 11) is 1.64. The Morgan fingerprint density at radius 1 is 1.45 bits per heavy atom. The first-order chi connectivity index (χ1) is 9.38. The summed E-state index contributed by atoms with van der Waals surface area (Å²) < 4.78 is 10.9. The molecule has 1 rings (SSSR count). The van der Waals surface area contributed by atoms with Gasteiger partial charge in [0.1, 0.15) is 0 Å². The van der Waals surface area contributed by atoms with Crippen molar-refractivity contribution in [2.45, 2.75) is 52.7 Å². The Hall–Kier alpha value is -0.810. The molecule has 2 N–H and O–H groups in total. The maximum Gasteiger partial charge on any atom is 0.315 e. The van der Waals surface area contributed by atoms with Crippen LogP contribution >= 0.6 is 0 Å². The van der Waals surface area contributed by atoms with Crippen LogP contribution in [0.5, 0.6) is 0 Å². The number of amides is 2. The van der Waals surface area contributed by atoms with Crippen LogP contribution in [0, 0.1) is 11.3 Å². The van der Waals surface area contributed by atoms with Gasteiger partial charge in [0.05, 0.1) is 18.8 Å². The zero-order valence-corrected chi connectivity index (χ0v) is 13.5. The molecule has 0 aliphatic carbocycles. The van der Waals surface area contributed by atoms with E-state index in [9.17, 15) is 4.79 Å². The van der Waals surface area contributed by atoms with Crippen LogP contribution < -0.4 is 10.6 Å². The van der Waals surface area contributed by atoms with Crippen molar-refractivity contribution in [2.75, 3.05) is 26.9 Å². The van der Waals surface area contributed by atoms with Crippen LogP contribution in [-0.2, 0) is 9.47 Å². The molecule has 5 heteroatoms. The highest BCUT2D eigenvalue weighted by molar-refractivity contribution is 5.74. The molecule has 0 aromatic rings. The number of carbonyl (C=O) groups is 1. The summed E-state index contributed by atoms with van der Waals surface area (Å²) in [5, 5.41) is 5.89. The second-order valence-electron chi connectivity index (χ2n) is 6.62. The normalized spacial score (nSPS) is 24.4. The van der Waals surface area contributed by atoms with Gasteiger partial charge < -0.3 is 20.1 Å². The van der Waals surface area contributed by atoms with Gasteiger partial charge in [0.2, 0.25) is 0 Å². The number of hydrogen-bond donors (Lipinski definition) is 2. The lowest BCUT2D eigenvalue weighted by Crippen LogP contribution is -2.46. The summed E-state index contributed by atoms with van der Waals surface area (Å²) in [6.45, 7) is 10.6. The van der Waals surface area contributed by atoms with Crippen LogP contribution in [-0.4, -0.2) is 45.0 Å². The molecule has 0 spiro atoms. The zero-order chi connectivity index (χ0) is 15.2. The molecule has 0 saturated carbocycles. The Kier molecular flexibility index (Phi) is 6.76. The molecule has 0 radical (unpaired) electrons. The van der Waals surface area contributed by atoms with Crippen molar-refractivity contribution in [3.05, 3.63) is 0 Å². The van der Waals surface area contributed by atoms with Crippen LogP contribution in [0.3, 0.4) is 0 Å². The molecule has 1 saturated heterocycles. The zero-order valence-electron chi connectivity index (χ0n) is 13.5. The predicted molar refractivity (Wildman–Crippen MR) is 79.8 cm³/mol. The van der Waals surface area contributed by atoms with Gasteiger partial charge in [-0.1, -0.05) is 27.7 Å². The first kappa shape index (κ1) is 17.2. The number of ether oxygens (including phenoxy) is 2. The van der Waals surface area contributed by atoms with Crippen molar-refractivity contribution >= 4 is 6.03 Å². The minimum absolute atomic E-state index is 0.0678. The molecular formula is C15H30N2O3. The van der Waals surface area contributed by atoms with Crippen LogP contribution in [0.25, 0.3) is 0 Å². The molecule has 1 heterocycles. The van der Waals surface area contributed by atoms with Crippen LogP contribution in [0.4, 0.5) is 4.79 Å². The van der Waals surface area contributed by atoms with Gasteiger partial charge in [-0.3, -0.25) is 0 Å². The molecule has 0 aromatic carbocycles. The average molecular weight is 286 g/mol. The van der Waals surface area contributed by atoms with E-state index in [2.05, 4.69) is 31.4 Å². The van der Waals surface area contributed by atoms with E-state index in [4.69, 9.17) is 9.47 Å². The van der Waals surface area contributed by atoms with Crippen molar-refractivity contribution in [1.82, 2.24) is 10.6 Å². The Balaban J connectivity index is 2.37. The molecule has 1 aliphatic heterocycles. The highest BCUT2D eigenvalue weighted by Gasteiger charge is 2.37. The number of nitrogens with one attached hydrogen (secondary N) is 2. The molecule has 0 aromatic heterocycles. The van der Waals surface area contributed by atoms with Gasteiger partial charge in [-0.2, -0.15) is 0 Å². The maximum absolute atomic E-state index is 11.9. The Morgan fingerprint density at radius 2 is 2.15 bits per heavy atom. The first-order valence-corrected chi connectivity index (χ1v) is 7.53.